The first-order valence-corrected chi connectivity index (χ1v) is 9.08. The zero-order chi connectivity index (χ0) is 16.5. The smallest absolute Gasteiger partial charge is 0.241 e. The van der Waals surface area contributed by atoms with Gasteiger partial charge in [0.2, 0.25) is 10.0 Å². The van der Waals surface area contributed by atoms with Crippen LogP contribution in [-0.2, 0) is 22.0 Å². The first-order valence-electron chi connectivity index (χ1n) is 6.81. The van der Waals surface area contributed by atoms with Gasteiger partial charge in [0.1, 0.15) is 6.26 Å². The molecule has 7 heteroatoms. The average Bonchev–Trinajstić information content (AvgIpc) is 2.84. The Morgan fingerprint density at radius 3 is 2.59 bits per heavy atom. The van der Waals surface area contributed by atoms with Crippen LogP contribution in [0.25, 0.3) is 0 Å². The molecule has 2 rings (SSSR count). The Kier molecular flexibility index (Phi) is 4.79. The Bertz CT molecular complexity index is 776. The summed E-state index contributed by atoms with van der Waals surface area (Å²) >= 11 is 3.30. The van der Waals surface area contributed by atoms with E-state index in [1.165, 1.54) is 6.26 Å². The highest BCUT2D eigenvalue weighted by molar-refractivity contribution is 9.10. The van der Waals surface area contributed by atoms with Gasteiger partial charge >= 0.3 is 0 Å². The number of halogens is 1. The minimum Gasteiger partial charge on any atom is -0.364 e. The molecule has 1 aromatic carbocycles. The Hall–Kier alpha value is -1.18. The van der Waals surface area contributed by atoms with Crippen molar-refractivity contribution in [1.29, 1.82) is 0 Å². The summed E-state index contributed by atoms with van der Waals surface area (Å²) in [6, 6.07) is 5.12. The third-order valence-electron chi connectivity index (χ3n) is 3.18. The molecule has 0 aliphatic heterocycles. The van der Waals surface area contributed by atoms with Crippen molar-refractivity contribution in [3.8, 4) is 0 Å². The first-order chi connectivity index (χ1) is 10.1. The van der Waals surface area contributed by atoms with Gasteiger partial charge in [-0.15, -0.1) is 0 Å². The molecule has 0 spiro atoms. The number of nitrogens with one attached hydrogen (secondary N) is 1. The number of aromatic nitrogens is 1. The fraction of sp³-hybridized carbons (Fsp3) is 0.400. The highest BCUT2D eigenvalue weighted by Crippen LogP contribution is 2.26. The summed E-state index contributed by atoms with van der Waals surface area (Å²) in [4.78, 5) is 0.215. The van der Waals surface area contributed by atoms with Crippen molar-refractivity contribution in [1.82, 2.24) is 9.88 Å². The number of nitrogens with zero attached hydrogens (tertiary/aromatic N) is 1. The van der Waals surface area contributed by atoms with Crippen molar-refractivity contribution in [2.45, 2.75) is 44.6 Å². The Morgan fingerprint density at radius 1 is 1.32 bits per heavy atom. The second kappa shape index (κ2) is 6.14. The van der Waals surface area contributed by atoms with E-state index in [9.17, 15) is 8.42 Å². The topological polar surface area (TPSA) is 72.2 Å². The molecule has 0 aliphatic carbocycles. The molecule has 0 radical (unpaired) electrons. The van der Waals surface area contributed by atoms with Gasteiger partial charge in [0.25, 0.3) is 0 Å². The summed E-state index contributed by atoms with van der Waals surface area (Å²) in [5.74, 6) is 0. The molecule has 1 N–H and O–H groups in total. The van der Waals surface area contributed by atoms with E-state index >= 15 is 0 Å². The highest BCUT2D eigenvalue weighted by Gasteiger charge is 2.24. The first kappa shape index (κ1) is 17.2. The molecule has 0 fully saturated rings. The third kappa shape index (κ3) is 3.77. The van der Waals surface area contributed by atoms with Gasteiger partial charge in [-0.05, 0) is 40.5 Å². The van der Waals surface area contributed by atoms with Crippen LogP contribution < -0.4 is 4.72 Å². The molecular weight excluding hydrogens is 368 g/mol. The fourth-order valence-electron chi connectivity index (χ4n) is 2.08. The summed E-state index contributed by atoms with van der Waals surface area (Å²) in [7, 11) is -3.61. The maximum Gasteiger partial charge on any atom is 0.241 e. The average molecular weight is 387 g/mol. The third-order valence-corrected chi connectivity index (χ3v) is 5.56. The van der Waals surface area contributed by atoms with Crippen molar-refractivity contribution in [2.75, 3.05) is 0 Å². The van der Waals surface area contributed by atoms with E-state index in [4.69, 9.17) is 4.52 Å². The number of benzene rings is 1. The number of hydrogen-bond donors (Lipinski definition) is 1. The van der Waals surface area contributed by atoms with Crippen molar-refractivity contribution in [3.05, 3.63) is 45.8 Å². The molecule has 0 amide bonds. The molecule has 0 bridgehead atoms. The standard InChI is InChI=1S/C15H19BrN2O3S/c1-10-5-6-13(12(16)7-10)22(19,20)17-8-11-9-21-18-14(11)15(2,3)4/h5-7,9,17H,8H2,1-4H3. The number of hydrogen-bond acceptors (Lipinski definition) is 4. The second-order valence-electron chi connectivity index (χ2n) is 6.20. The normalized spacial score (nSPS) is 12.6. The lowest BCUT2D eigenvalue weighted by Gasteiger charge is -2.16. The monoisotopic (exact) mass is 386 g/mol. The lowest BCUT2D eigenvalue weighted by Crippen LogP contribution is -2.25. The van der Waals surface area contributed by atoms with Gasteiger partial charge in [-0.25, -0.2) is 13.1 Å². The molecule has 0 unspecified atom stereocenters. The summed E-state index contributed by atoms with van der Waals surface area (Å²) in [5, 5.41) is 3.97. The lowest BCUT2D eigenvalue weighted by atomic mass is 9.90. The largest absolute Gasteiger partial charge is 0.364 e. The van der Waals surface area contributed by atoms with Gasteiger partial charge in [-0.1, -0.05) is 32.0 Å². The summed E-state index contributed by atoms with van der Waals surface area (Å²) in [5.41, 5.74) is 2.26. The molecular formula is C15H19BrN2O3S. The molecule has 1 heterocycles. The van der Waals surface area contributed by atoms with E-state index in [1.807, 2.05) is 27.7 Å². The van der Waals surface area contributed by atoms with Crippen LogP contribution in [0.4, 0.5) is 0 Å². The minimum absolute atomic E-state index is 0.138. The number of rotatable bonds is 4. The van der Waals surface area contributed by atoms with Gasteiger partial charge in [0, 0.05) is 22.0 Å². The Balaban J connectivity index is 2.22. The maximum absolute atomic E-state index is 12.4. The van der Waals surface area contributed by atoms with Gasteiger partial charge in [0.05, 0.1) is 10.6 Å². The molecule has 0 saturated heterocycles. The summed E-state index contributed by atoms with van der Waals surface area (Å²) in [6.07, 6.45) is 1.48. The summed E-state index contributed by atoms with van der Waals surface area (Å²) in [6.45, 7) is 8.04. The molecule has 0 atom stereocenters. The maximum atomic E-state index is 12.4. The van der Waals surface area contributed by atoms with E-state index in [0.29, 0.717) is 4.47 Å². The van der Waals surface area contributed by atoms with Gasteiger partial charge in [-0.2, -0.15) is 0 Å². The van der Waals surface area contributed by atoms with Crippen LogP contribution in [0, 0.1) is 6.92 Å². The van der Waals surface area contributed by atoms with Crippen LogP contribution in [0.3, 0.4) is 0 Å². The molecule has 0 saturated carbocycles. The van der Waals surface area contributed by atoms with Crippen LogP contribution in [0.15, 0.2) is 38.4 Å². The van der Waals surface area contributed by atoms with Crippen molar-refractivity contribution in [3.63, 3.8) is 0 Å². The molecule has 5 nitrogen and oxygen atoms in total. The van der Waals surface area contributed by atoms with Crippen LogP contribution in [0.2, 0.25) is 0 Å². The van der Waals surface area contributed by atoms with E-state index < -0.39 is 10.0 Å². The predicted octanol–water partition coefficient (Wildman–Crippen LogP) is 3.52. The number of aryl methyl sites for hydroxylation is 1. The second-order valence-corrected chi connectivity index (χ2v) is 8.79. The molecule has 0 aliphatic rings. The van der Waals surface area contributed by atoms with Crippen molar-refractivity contribution >= 4 is 26.0 Å². The molecule has 22 heavy (non-hydrogen) atoms. The van der Waals surface area contributed by atoms with Crippen LogP contribution in [0.5, 0.6) is 0 Å². The Morgan fingerprint density at radius 2 is 2.00 bits per heavy atom. The Labute approximate surface area is 139 Å². The highest BCUT2D eigenvalue weighted by atomic mass is 79.9. The van der Waals surface area contributed by atoms with E-state index in [0.717, 1.165) is 16.8 Å². The zero-order valence-corrected chi connectivity index (χ0v) is 15.4. The molecule has 2 aromatic rings. The van der Waals surface area contributed by atoms with E-state index in [1.54, 1.807) is 18.2 Å². The van der Waals surface area contributed by atoms with Crippen molar-refractivity contribution in [2.24, 2.45) is 0 Å². The van der Waals surface area contributed by atoms with E-state index in [-0.39, 0.29) is 16.9 Å². The molecule has 1 aromatic heterocycles. The van der Waals surface area contributed by atoms with Gasteiger partial charge in [-0.3, -0.25) is 0 Å². The van der Waals surface area contributed by atoms with Gasteiger partial charge < -0.3 is 4.52 Å². The quantitative estimate of drug-likeness (QED) is 0.871. The SMILES string of the molecule is Cc1ccc(S(=O)(=O)NCc2conc2C(C)(C)C)c(Br)c1. The lowest BCUT2D eigenvalue weighted by molar-refractivity contribution is 0.393. The van der Waals surface area contributed by atoms with Crippen molar-refractivity contribution < 1.29 is 12.9 Å². The van der Waals surface area contributed by atoms with Gasteiger partial charge in [0.15, 0.2) is 0 Å². The van der Waals surface area contributed by atoms with E-state index in [2.05, 4.69) is 25.8 Å². The van der Waals surface area contributed by atoms with Crippen LogP contribution in [0.1, 0.15) is 37.6 Å². The fourth-order valence-corrected chi connectivity index (χ4v) is 4.27. The minimum atomic E-state index is -3.61. The predicted molar refractivity (Wildman–Crippen MR) is 88.1 cm³/mol. The summed E-state index contributed by atoms with van der Waals surface area (Å²) < 4.78 is 33.0. The molecule has 120 valence electrons. The van der Waals surface area contributed by atoms with Crippen LogP contribution in [-0.4, -0.2) is 13.6 Å². The number of sulfonamides is 1. The zero-order valence-electron chi connectivity index (χ0n) is 13.0. The van der Waals surface area contributed by atoms with Crippen LogP contribution >= 0.6 is 15.9 Å².